The summed E-state index contributed by atoms with van der Waals surface area (Å²) in [4.78, 5) is 19.9. The summed E-state index contributed by atoms with van der Waals surface area (Å²) in [6, 6.07) is -0.796. The Labute approximate surface area is 40.9 Å². The predicted octanol–water partition coefficient (Wildman–Crippen LogP) is -0.936. The van der Waals surface area contributed by atoms with Crippen molar-refractivity contribution in [2.75, 3.05) is 7.05 Å². The van der Waals surface area contributed by atoms with Crippen molar-refractivity contribution in [1.29, 1.82) is 0 Å². The first-order valence-electron chi connectivity index (χ1n) is 1.59. The second-order valence-electron chi connectivity index (χ2n) is 0.989. The van der Waals surface area contributed by atoms with Gasteiger partial charge in [0.05, 0.1) is 0 Å². The van der Waals surface area contributed by atoms with Crippen LogP contribution in [-0.2, 0) is 4.79 Å². The number of nitrogens with zero attached hydrogens (tertiary/aromatic N) is 1. The number of primary amides is 1. The van der Waals surface area contributed by atoms with Gasteiger partial charge in [0, 0.05) is 7.05 Å². The molecule has 0 spiro atoms. The zero-order chi connectivity index (χ0) is 5.86. The van der Waals surface area contributed by atoms with Crippen molar-refractivity contribution in [3.8, 4) is 0 Å². The van der Waals surface area contributed by atoms with E-state index in [9.17, 15) is 9.59 Å². The van der Waals surface area contributed by atoms with Crippen molar-refractivity contribution in [2.24, 2.45) is 5.73 Å². The summed E-state index contributed by atoms with van der Waals surface area (Å²) in [6.07, 6.45) is 1.27. The van der Waals surface area contributed by atoms with Crippen LogP contribution in [0, 0.1) is 0 Å². The molecule has 7 heavy (non-hydrogen) atoms. The Morgan fingerprint density at radius 2 is 2.29 bits per heavy atom. The third kappa shape index (κ3) is 1.75. The van der Waals surface area contributed by atoms with E-state index in [1.165, 1.54) is 13.5 Å². The number of hydrogen-bond acceptors (Lipinski definition) is 2. The molecule has 0 saturated heterocycles. The van der Waals surface area contributed by atoms with Gasteiger partial charge < -0.3 is 5.73 Å². The van der Waals surface area contributed by atoms with E-state index < -0.39 is 6.03 Å². The molecular formula is C3H5N2O2. The van der Waals surface area contributed by atoms with E-state index in [4.69, 9.17) is 0 Å². The van der Waals surface area contributed by atoms with Gasteiger partial charge in [0.1, 0.15) is 0 Å². The lowest BCUT2D eigenvalue weighted by molar-refractivity contribution is 0.234. The highest BCUT2D eigenvalue weighted by molar-refractivity contribution is 5.82. The summed E-state index contributed by atoms with van der Waals surface area (Å²) in [5.74, 6) is 0. The average Bonchev–Trinajstić information content (AvgIpc) is 1.65. The number of nitrogens with two attached hydrogens (primary N) is 1. The minimum absolute atomic E-state index is 0.625. The second-order valence-corrected chi connectivity index (χ2v) is 0.989. The third-order valence-electron chi connectivity index (χ3n) is 0.468. The van der Waals surface area contributed by atoms with Crippen LogP contribution in [0.1, 0.15) is 0 Å². The summed E-state index contributed by atoms with van der Waals surface area (Å²) in [5.41, 5.74) is 4.57. The summed E-state index contributed by atoms with van der Waals surface area (Å²) in [6.45, 7) is 0. The zero-order valence-electron chi connectivity index (χ0n) is 3.84. The zero-order valence-corrected chi connectivity index (χ0v) is 3.84. The van der Waals surface area contributed by atoms with Gasteiger partial charge in [-0.05, 0) is 0 Å². The van der Waals surface area contributed by atoms with Gasteiger partial charge in [-0.3, -0.25) is 9.69 Å². The van der Waals surface area contributed by atoms with Crippen molar-refractivity contribution < 1.29 is 9.59 Å². The van der Waals surface area contributed by atoms with Crippen molar-refractivity contribution in [3.63, 3.8) is 0 Å². The monoisotopic (exact) mass is 101 g/mol. The molecule has 0 atom stereocenters. The maximum Gasteiger partial charge on any atom is 0.321 e. The number of carbonyl (C=O) groups is 1. The summed E-state index contributed by atoms with van der Waals surface area (Å²) in [7, 11) is 1.23. The predicted molar refractivity (Wildman–Crippen MR) is 23.0 cm³/mol. The Bertz CT molecular complexity index is 90.9. The fourth-order valence-corrected chi connectivity index (χ4v) is 0.0450. The molecule has 0 heterocycles. The molecule has 39 valence electrons. The lowest BCUT2D eigenvalue weighted by Crippen LogP contribution is -2.30. The minimum Gasteiger partial charge on any atom is -0.351 e. The first kappa shape index (κ1) is 5.94. The Hall–Kier alpha value is -1.06. The Morgan fingerprint density at radius 1 is 1.86 bits per heavy atom. The largest absolute Gasteiger partial charge is 0.351 e. The molecule has 2 N–H and O–H groups in total. The Kier molecular flexibility index (Phi) is 1.84. The van der Waals surface area contributed by atoms with E-state index in [0.717, 1.165) is 0 Å². The number of amides is 3. The fourth-order valence-electron chi connectivity index (χ4n) is 0.0450. The van der Waals surface area contributed by atoms with Gasteiger partial charge in [0.15, 0.2) is 0 Å². The van der Waals surface area contributed by atoms with Crippen molar-refractivity contribution >= 4 is 12.4 Å². The van der Waals surface area contributed by atoms with E-state index in [0.29, 0.717) is 4.90 Å². The van der Waals surface area contributed by atoms with Crippen LogP contribution >= 0.6 is 0 Å². The number of carbonyl (C=O) groups excluding carboxylic acids is 2. The van der Waals surface area contributed by atoms with Gasteiger partial charge in [-0.15, -0.1) is 0 Å². The van der Waals surface area contributed by atoms with Crippen molar-refractivity contribution in [1.82, 2.24) is 4.90 Å². The maximum absolute atomic E-state index is 9.82. The number of urea groups is 1. The Balaban J connectivity index is 3.55. The lowest BCUT2D eigenvalue weighted by Gasteiger charge is -1.98. The van der Waals surface area contributed by atoms with Crippen molar-refractivity contribution in [3.05, 3.63) is 0 Å². The molecular weight excluding hydrogens is 96.0 g/mol. The quantitative estimate of drug-likeness (QED) is 0.433. The van der Waals surface area contributed by atoms with E-state index in [1.54, 1.807) is 0 Å². The van der Waals surface area contributed by atoms with Gasteiger partial charge >= 0.3 is 12.4 Å². The van der Waals surface area contributed by atoms with E-state index in [1.807, 2.05) is 0 Å². The minimum atomic E-state index is -0.796. The lowest BCUT2D eigenvalue weighted by atomic mass is 10.9. The van der Waals surface area contributed by atoms with E-state index in [2.05, 4.69) is 5.73 Å². The molecule has 4 nitrogen and oxygen atoms in total. The molecule has 0 fully saturated rings. The molecule has 0 aliphatic carbocycles. The van der Waals surface area contributed by atoms with Gasteiger partial charge in [0.25, 0.3) is 0 Å². The highest BCUT2D eigenvalue weighted by Crippen LogP contribution is 1.68. The number of hydrogen-bond donors (Lipinski definition) is 1. The summed E-state index contributed by atoms with van der Waals surface area (Å²) in [5, 5.41) is 0. The highest BCUT2D eigenvalue weighted by Gasteiger charge is 1.97. The Morgan fingerprint density at radius 3 is 2.29 bits per heavy atom. The first-order chi connectivity index (χ1) is 3.18. The SMILES string of the molecule is CN([C]=O)C(N)=O. The highest BCUT2D eigenvalue weighted by atomic mass is 16.2. The van der Waals surface area contributed by atoms with Crippen LogP contribution in [0.15, 0.2) is 0 Å². The van der Waals surface area contributed by atoms with Crippen LogP contribution in [0.2, 0.25) is 0 Å². The molecule has 0 bridgehead atoms. The molecule has 0 unspecified atom stereocenters. The average molecular weight is 101 g/mol. The van der Waals surface area contributed by atoms with Gasteiger partial charge in [-0.1, -0.05) is 0 Å². The number of imide groups is 1. The molecule has 0 aromatic carbocycles. The van der Waals surface area contributed by atoms with Gasteiger partial charge in [-0.2, -0.15) is 0 Å². The second kappa shape index (κ2) is 2.17. The summed E-state index contributed by atoms with van der Waals surface area (Å²) >= 11 is 0. The molecule has 0 aliphatic heterocycles. The molecule has 0 aromatic rings. The maximum atomic E-state index is 9.82. The van der Waals surface area contributed by atoms with Crippen LogP contribution in [-0.4, -0.2) is 24.4 Å². The molecule has 4 heteroatoms. The standard InChI is InChI=1S/C3H5N2O2/c1-5(2-6)3(4)7/h1H3,(H2,4,7). The number of rotatable bonds is 1. The van der Waals surface area contributed by atoms with Crippen LogP contribution in [0.25, 0.3) is 0 Å². The van der Waals surface area contributed by atoms with Crippen LogP contribution < -0.4 is 5.73 Å². The van der Waals surface area contributed by atoms with Crippen LogP contribution in [0.4, 0.5) is 4.79 Å². The van der Waals surface area contributed by atoms with E-state index >= 15 is 0 Å². The van der Waals surface area contributed by atoms with E-state index in [-0.39, 0.29) is 0 Å². The van der Waals surface area contributed by atoms with Crippen LogP contribution in [0.5, 0.6) is 0 Å². The molecule has 0 rings (SSSR count). The molecule has 1 radical (unpaired) electrons. The summed E-state index contributed by atoms with van der Waals surface area (Å²) < 4.78 is 0. The van der Waals surface area contributed by atoms with Crippen molar-refractivity contribution in [2.45, 2.75) is 0 Å². The molecule has 3 amide bonds. The molecule has 0 aromatic heterocycles. The van der Waals surface area contributed by atoms with Crippen LogP contribution in [0.3, 0.4) is 0 Å². The normalized spacial score (nSPS) is 7.57. The fraction of sp³-hybridized carbons (Fsp3) is 0.333. The smallest absolute Gasteiger partial charge is 0.321 e. The third-order valence-corrected chi connectivity index (χ3v) is 0.468. The topological polar surface area (TPSA) is 63.4 Å². The molecule has 0 saturated carbocycles. The first-order valence-corrected chi connectivity index (χ1v) is 1.59. The van der Waals surface area contributed by atoms with Gasteiger partial charge in [0.2, 0.25) is 0 Å². The van der Waals surface area contributed by atoms with Gasteiger partial charge in [-0.25, -0.2) is 4.79 Å². The molecule has 0 aliphatic rings.